The number of pyridine rings is 1. The van der Waals surface area contributed by atoms with Gasteiger partial charge in [0.2, 0.25) is 0 Å². The lowest BCUT2D eigenvalue weighted by molar-refractivity contribution is 0.286. The minimum atomic E-state index is -2.81. The normalized spacial score (nSPS) is 18.6. The van der Waals surface area contributed by atoms with Gasteiger partial charge in [0.05, 0.1) is 18.1 Å². The molecule has 0 amide bonds. The molecule has 3 aromatic rings. The van der Waals surface area contributed by atoms with Crippen molar-refractivity contribution in [2.75, 3.05) is 18.1 Å². The Labute approximate surface area is 160 Å². The van der Waals surface area contributed by atoms with Crippen molar-refractivity contribution in [2.45, 2.75) is 19.8 Å². The Morgan fingerprint density at radius 2 is 1.85 bits per heavy atom. The zero-order valence-electron chi connectivity index (χ0n) is 15.4. The first-order valence-corrected chi connectivity index (χ1v) is 11.1. The number of hydrogen-bond acceptors (Lipinski definition) is 4. The average Bonchev–Trinajstić information content (AvgIpc) is 3.00. The van der Waals surface area contributed by atoms with Crippen molar-refractivity contribution in [2.24, 2.45) is 5.92 Å². The van der Waals surface area contributed by atoms with Crippen LogP contribution in [-0.2, 0) is 9.84 Å². The molecule has 5 heteroatoms. The van der Waals surface area contributed by atoms with Gasteiger partial charge in [-0.2, -0.15) is 0 Å². The van der Waals surface area contributed by atoms with E-state index >= 15 is 0 Å². The molecular weight excluding hydrogens is 358 g/mol. The predicted molar refractivity (Wildman–Crippen MR) is 109 cm³/mol. The van der Waals surface area contributed by atoms with E-state index in [0.717, 1.165) is 46.1 Å². The van der Waals surface area contributed by atoms with Crippen LogP contribution in [0.3, 0.4) is 0 Å². The Bertz CT molecular complexity index is 1080. The van der Waals surface area contributed by atoms with Crippen LogP contribution in [0.2, 0.25) is 0 Å². The van der Waals surface area contributed by atoms with Gasteiger partial charge in [-0.15, -0.1) is 0 Å². The second kappa shape index (κ2) is 7.31. The lowest BCUT2D eigenvalue weighted by Crippen LogP contribution is -2.09. The molecule has 0 saturated carbocycles. The SMILES string of the molecule is Cc1cncc(-c2ccc3cc(OCCC4CCS(=O)(=O)C4)ccc3c2)c1. The lowest BCUT2D eigenvalue weighted by Gasteiger charge is -2.11. The maximum absolute atomic E-state index is 11.5. The molecule has 0 bridgehead atoms. The molecular formula is C22H23NO3S. The lowest BCUT2D eigenvalue weighted by atomic mass is 10.0. The Morgan fingerprint density at radius 1 is 1.04 bits per heavy atom. The number of hydrogen-bond donors (Lipinski definition) is 0. The number of aryl methyl sites for hydroxylation is 1. The van der Waals surface area contributed by atoms with Crippen LogP contribution in [0.25, 0.3) is 21.9 Å². The van der Waals surface area contributed by atoms with Gasteiger partial charge in [-0.3, -0.25) is 4.98 Å². The van der Waals surface area contributed by atoms with Crippen LogP contribution < -0.4 is 4.74 Å². The predicted octanol–water partition coefficient (Wildman–Crippen LogP) is 4.41. The first-order valence-electron chi connectivity index (χ1n) is 9.28. The topological polar surface area (TPSA) is 56.3 Å². The number of fused-ring (bicyclic) bond motifs is 1. The highest BCUT2D eigenvalue weighted by Crippen LogP contribution is 2.28. The summed E-state index contributed by atoms with van der Waals surface area (Å²) in [5, 5.41) is 2.28. The van der Waals surface area contributed by atoms with Crippen LogP contribution in [0.1, 0.15) is 18.4 Å². The fourth-order valence-electron chi connectivity index (χ4n) is 3.65. The zero-order valence-corrected chi connectivity index (χ0v) is 16.2. The van der Waals surface area contributed by atoms with Gasteiger partial charge in [-0.1, -0.05) is 18.2 Å². The maximum Gasteiger partial charge on any atom is 0.150 e. The number of nitrogens with zero attached hydrogens (tertiary/aromatic N) is 1. The fraction of sp³-hybridized carbons (Fsp3) is 0.318. The van der Waals surface area contributed by atoms with Crippen LogP contribution in [0.4, 0.5) is 0 Å². The molecule has 0 spiro atoms. The van der Waals surface area contributed by atoms with Crippen LogP contribution in [0.5, 0.6) is 5.75 Å². The molecule has 4 rings (SSSR count). The molecule has 1 aromatic heterocycles. The monoisotopic (exact) mass is 381 g/mol. The van der Waals surface area contributed by atoms with E-state index in [1.807, 2.05) is 31.5 Å². The standard InChI is InChI=1S/C22H23NO3S/c1-16-10-21(14-23-13-16)19-2-3-20-12-22(5-4-18(20)11-19)26-8-6-17-7-9-27(24,25)15-17/h2-5,10-14,17H,6-9,15H2,1H3. The van der Waals surface area contributed by atoms with Gasteiger partial charge in [0.25, 0.3) is 0 Å². The largest absolute Gasteiger partial charge is 0.494 e. The number of benzene rings is 2. The Balaban J connectivity index is 1.44. The summed E-state index contributed by atoms with van der Waals surface area (Å²) in [4.78, 5) is 4.27. The highest BCUT2D eigenvalue weighted by Gasteiger charge is 2.27. The van der Waals surface area contributed by atoms with Gasteiger partial charge in [0.1, 0.15) is 5.75 Å². The number of ether oxygens (including phenoxy) is 1. The molecule has 1 atom stereocenters. The van der Waals surface area contributed by atoms with E-state index in [1.165, 1.54) is 0 Å². The number of aromatic nitrogens is 1. The van der Waals surface area contributed by atoms with Crippen LogP contribution >= 0.6 is 0 Å². The summed E-state index contributed by atoms with van der Waals surface area (Å²) < 4.78 is 28.9. The van der Waals surface area contributed by atoms with Gasteiger partial charge in [0, 0.05) is 18.0 Å². The van der Waals surface area contributed by atoms with Gasteiger partial charge in [-0.25, -0.2) is 8.42 Å². The summed E-state index contributed by atoms with van der Waals surface area (Å²) in [5.74, 6) is 1.70. The summed E-state index contributed by atoms with van der Waals surface area (Å²) in [7, 11) is -2.81. The van der Waals surface area contributed by atoms with E-state index in [2.05, 4.69) is 35.3 Å². The van der Waals surface area contributed by atoms with Gasteiger partial charge >= 0.3 is 0 Å². The van der Waals surface area contributed by atoms with Crippen molar-refractivity contribution in [3.63, 3.8) is 0 Å². The molecule has 4 nitrogen and oxygen atoms in total. The third kappa shape index (κ3) is 4.30. The molecule has 0 radical (unpaired) electrons. The van der Waals surface area contributed by atoms with Crippen LogP contribution in [0.15, 0.2) is 54.9 Å². The van der Waals surface area contributed by atoms with Crippen molar-refractivity contribution in [3.8, 4) is 16.9 Å². The second-order valence-corrected chi connectivity index (χ2v) is 9.61. The summed E-state index contributed by atoms with van der Waals surface area (Å²) in [6, 6.07) is 14.6. The molecule has 1 saturated heterocycles. The van der Waals surface area contributed by atoms with Gasteiger partial charge < -0.3 is 4.74 Å². The highest BCUT2D eigenvalue weighted by atomic mass is 32.2. The van der Waals surface area contributed by atoms with E-state index in [1.54, 1.807) is 0 Å². The molecule has 0 aliphatic carbocycles. The highest BCUT2D eigenvalue weighted by molar-refractivity contribution is 7.91. The molecule has 1 unspecified atom stereocenters. The number of rotatable bonds is 5. The van der Waals surface area contributed by atoms with Crippen molar-refractivity contribution in [1.82, 2.24) is 4.98 Å². The van der Waals surface area contributed by atoms with Gasteiger partial charge in [0.15, 0.2) is 9.84 Å². The third-order valence-corrected chi connectivity index (χ3v) is 6.98. The quantitative estimate of drug-likeness (QED) is 0.657. The molecule has 27 heavy (non-hydrogen) atoms. The second-order valence-electron chi connectivity index (χ2n) is 7.38. The molecule has 2 heterocycles. The van der Waals surface area contributed by atoms with E-state index in [0.29, 0.717) is 18.1 Å². The Hall–Kier alpha value is -2.40. The van der Waals surface area contributed by atoms with Crippen molar-refractivity contribution >= 4 is 20.6 Å². The molecule has 1 aliphatic rings. The fourth-order valence-corrected chi connectivity index (χ4v) is 5.56. The van der Waals surface area contributed by atoms with Crippen molar-refractivity contribution < 1.29 is 13.2 Å². The molecule has 1 aliphatic heterocycles. The zero-order chi connectivity index (χ0) is 18.9. The molecule has 1 fully saturated rings. The first kappa shape index (κ1) is 18.0. The van der Waals surface area contributed by atoms with Crippen LogP contribution in [-0.4, -0.2) is 31.5 Å². The maximum atomic E-state index is 11.5. The van der Waals surface area contributed by atoms with E-state index in [4.69, 9.17) is 4.74 Å². The average molecular weight is 381 g/mol. The summed E-state index contributed by atoms with van der Waals surface area (Å²) in [5.41, 5.74) is 3.41. The summed E-state index contributed by atoms with van der Waals surface area (Å²) >= 11 is 0. The van der Waals surface area contributed by atoms with Crippen molar-refractivity contribution in [3.05, 3.63) is 60.4 Å². The Kier molecular flexibility index (Phi) is 4.87. The van der Waals surface area contributed by atoms with E-state index < -0.39 is 9.84 Å². The first-order chi connectivity index (χ1) is 13.0. The minimum Gasteiger partial charge on any atom is -0.494 e. The van der Waals surface area contributed by atoms with E-state index in [-0.39, 0.29) is 5.92 Å². The minimum absolute atomic E-state index is 0.237. The molecule has 2 aromatic carbocycles. The van der Waals surface area contributed by atoms with Gasteiger partial charge in [-0.05, 0) is 71.8 Å². The number of sulfone groups is 1. The third-order valence-electron chi connectivity index (χ3n) is 5.14. The molecule has 140 valence electrons. The summed E-state index contributed by atoms with van der Waals surface area (Å²) in [6.07, 6.45) is 5.29. The summed E-state index contributed by atoms with van der Waals surface area (Å²) in [6.45, 7) is 2.60. The molecule has 0 N–H and O–H groups in total. The smallest absolute Gasteiger partial charge is 0.150 e. The van der Waals surface area contributed by atoms with E-state index in [9.17, 15) is 8.42 Å². The Morgan fingerprint density at radius 3 is 2.63 bits per heavy atom. The van der Waals surface area contributed by atoms with Crippen molar-refractivity contribution in [1.29, 1.82) is 0 Å². The van der Waals surface area contributed by atoms with Crippen LogP contribution in [0, 0.1) is 12.8 Å².